The lowest BCUT2D eigenvalue weighted by Crippen LogP contribution is -2.48. The lowest BCUT2D eigenvalue weighted by molar-refractivity contribution is -0.0320. The highest BCUT2D eigenvalue weighted by Crippen LogP contribution is 2.30. The number of hydrogen-bond acceptors (Lipinski definition) is 5. The summed E-state index contributed by atoms with van der Waals surface area (Å²) < 4.78 is 5.11. The average molecular weight is 316 g/mol. The molecule has 1 aliphatic rings. The minimum atomic E-state index is -1.15. The third-order valence-corrected chi connectivity index (χ3v) is 4.13. The van der Waals surface area contributed by atoms with E-state index >= 15 is 0 Å². The number of ether oxygens (including phenoxy) is 1. The number of benzene rings is 1. The smallest absolute Gasteiger partial charge is 0.253 e. The first kappa shape index (κ1) is 15.6. The highest BCUT2D eigenvalue weighted by molar-refractivity contribution is 5.94. The van der Waals surface area contributed by atoms with E-state index in [1.54, 1.807) is 18.1 Å². The van der Waals surface area contributed by atoms with Crippen LogP contribution < -0.4 is 0 Å². The molecule has 0 saturated carbocycles. The molecule has 7 nitrogen and oxygen atoms in total. The molecule has 1 fully saturated rings. The minimum Gasteiger partial charge on any atom is -0.382 e. The zero-order chi connectivity index (χ0) is 16.3. The van der Waals surface area contributed by atoms with Gasteiger partial charge in [0.15, 0.2) is 0 Å². The van der Waals surface area contributed by atoms with Gasteiger partial charge >= 0.3 is 0 Å². The Bertz CT molecular complexity index is 674. The third kappa shape index (κ3) is 3.25. The molecule has 0 spiro atoms. The van der Waals surface area contributed by atoms with E-state index in [9.17, 15) is 9.90 Å². The van der Waals surface area contributed by atoms with Crippen LogP contribution >= 0.6 is 0 Å². The van der Waals surface area contributed by atoms with Crippen molar-refractivity contribution >= 4 is 5.91 Å². The quantitative estimate of drug-likeness (QED) is 0.880. The Balaban J connectivity index is 1.78. The van der Waals surface area contributed by atoms with Gasteiger partial charge in [0, 0.05) is 19.2 Å². The summed E-state index contributed by atoms with van der Waals surface area (Å²) in [6.45, 7) is 1.30. The van der Waals surface area contributed by atoms with Crippen molar-refractivity contribution in [1.82, 2.24) is 20.3 Å². The number of carbonyl (C=O) groups is 1. The number of β-amino-alcohol motifs (C(OH)–C–C–N with tert-alkyl or cyclic N) is 1. The van der Waals surface area contributed by atoms with Crippen LogP contribution in [0.1, 0.15) is 34.5 Å². The molecule has 0 bridgehead atoms. The summed E-state index contributed by atoms with van der Waals surface area (Å²) in [6.07, 6.45) is 2.78. The summed E-state index contributed by atoms with van der Waals surface area (Å²) in [4.78, 5) is 14.4. The molecule has 0 radical (unpaired) electrons. The second-order valence-corrected chi connectivity index (χ2v) is 5.85. The Labute approximate surface area is 134 Å². The predicted molar refractivity (Wildman–Crippen MR) is 82.6 cm³/mol. The van der Waals surface area contributed by atoms with E-state index in [0.717, 1.165) is 5.56 Å². The number of rotatable bonds is 4. The van der Waals surface area contributed by atoms with E-state index in [2.05, 4.69) is 15.4 Å². The van der Waals surface area contributed by atoms with Gasteiger partial charge in [-0.2, -0.15) is 15.4 Å². The Hall–Kier alpha value is -2.25. The fraction of sp³-hybridized carbons (Fsp3) is 0.438. The van der Waals surface area contributed by atoms with E-state index in [1.165, 1.54) is 6.20 Å². The Morgan fingerprint density at radius 2 is 2.39 bits per heavy atom. The number of amides is 1. The maximum Gasteiger partial charge on any atom is 0.253 e. The Morgan fingerprint density at radius 1 is 1.52 bits per heavy atom. The van der Waals surface area contributed by atoms with Gasteiger partial charge in [0.05, 0.1) is 19.3 Å². The molecule has 23 heavy (non-hydrogen) atoms. The second-order valence-electron chi connectivity index (χ2n) is 5.85. The number of nitrogens with one attached hydrogen (secondary N) is 1. The lowest BCUT2D eigenvalue weighted by Gasteiger charge is -2.38. The van der Waals surface area contributed by atoms with E-state index in [0.29, 0.717) is 37.3 Å². The monoisotopic (exact) mass is 316 g/mol. The first-order valence-electron chi connectivity index (χ1n) is 7.58. The number of H-pyrrole nitrogens is 1. The zero-order valence-electron chi connectivity index (χ0n) is 13.0. The van der Waals surface area contributed by atoms with Gasteiger partial charge in [-0.25, -0.2) is 0 Å². The first-order valence-corrected chi connectivity index (χ1v) is 7.58. The Morgan fingerprint density at radius 3 is 3.13 bits per heavy atom. The zero-order valence-corrected chi connectivity index (χ0v) is 13.0. The summed E-state index contributed by atoms with van der Waals surface area (Å²) >= 11 is 0. The number of aliphatic hydroxyl groups is 1. The van der Waals surface area contributed by atoms with E-state index in [1.807, 2.05) is 18.2 Å². The fourth-order valence-electron chi connectivity index (χ4n) is 2.99. The fourth-order valence-corrected chi connectivity index (χ4v) is 2.99. The van der Waals surface area contributed by atoms with Crippen LogP contribution in [0, 0.1) is 0 Å². The molecule has 1 unspecified atom stereocenters. The molecule has 3 rings (SSSR count). The van der Waals surface area contributed by atoms with Crippen LogP contribution in [0.4, 0.5) is 0 Å². The van der Waals surface area contributed by atoms with Crippen molar-refractivity contribution in [3.8, 4) is 0 Å². The van der Waals surface area contributed by atoms with Crippen LogP contribution in [0.2, 0.25) is 0 Å². The molecule has 122 valence electrons. The summed E-state index contributed by atoms with van der Waals surface area (Å²) in [5.74, 6) is -0.0930. The normalized spacial score (nSPS) is 21.4. The van der Waals surface area contributed by atoms with Gasteiger partial charge in [0.25, 0.3) is 5.91 Å². The third-order valence-electron chi connectivity index (χ3n) is 4.13. The molecule has 2 N–H and O–H groups in total. The minimum absolute atomic E-state index is 0.0930. The average Bonchev–Trinajstić information content (AvgIpc) is 3.10. The molecule has 1 amide bonds. The molecule has 7 heteroatoms. The number of likely N-dealkylation sites (tertiary alicyclic amines) is 1. The van der Waals surface area contributed by atoms with Gasteiger partial charge < -0.3 is 14.7 Å². The lowest BCUT2D eigenvalue weighted by atomic mass is 9.89. The molecule has 1 atom stereocenters. The standard InChI is InChI=1S/C16H20N4O3/c1-23-10-12-4-2-5-13(8-12)15(21)20-7-3-6-16(22,11-20)14-9-17-19-18-14/h2,4-5,8-9,22H,3,6-7,10-11H2,1H3,(H,17,18,19). The molecule has 1 aromatic carbocycles. The molecule has 1 aromatic heterocycles. The van der Waals surface area contributed by atoms with Gasteiger partial charge in [0.1, 0.15) is 11.3 Å². The van der Waals surface area contributed by atoms with Crippen molar-refractivity contribution in [2.75, 3.05) is 20.2 Å². The number of nitrogens with zero attached hydrogens (tertiary/aromatic N) is 3. The number of piperidine rings is 1. The van der Waals surface area contributed by atoms with E-state index in [-0.39, 0.29) is 12.5 Å². The number of methoxy groups -OCH3 is 1. The molecule has 1 aliphatic heterocycles. The van der Waals surface area contributed by atoms with Crippen LogP contribution in [-0.4, -0.2) is 51.5 Å². The van der Waals surface area contributed by atoms with Crippen molar-refractivity contribution < 1.29 is 14.6 Å². The molecule has 2 heterocycles. The summed E-state index contributed by atoms with van der Waals surface area (Å²) in [5, 5.41) is 21.0. The van der Waals surface area contributed by atoms with Crippen molar-refractivity contribution in [2.45, 2.75) is 25.0 Å². The highest BCUT2D eigenvalue weighted by atomic mass is 16.5. The molecular formula is C16H20N4O3. The SMILES string of the molecule is COCc1cccc(C(=O)N2CCCC(O)(c3cn[nH]n3)C2)c1. The molecular weight excluding hydrogens is 296 g/mol. The van der Waals surface area contributed by atoms with Gasteiger partial charge in [-0.15, -0.1) is 0 Å². The van der Waals surface area contributed by atoms with Gasteiger partial charge in [-0.3, -0.25) is 4.79 Å². The second kappa shape index (κ2) is 6.47. The Kier molecular flexibility index (Phi) is 4.40. The number of aromatic amines is 1. The summed E-state index contributed by atoms with van der Waals surface area (Å²) in [6, 6.07) is 7.37. The summed E-state index contributed by atoms with van der Waals surface area (Å²) in [7, 11) is 1.62. The molecule has 0 aliphatic carbocycles. The van der Waals surface area contributed by atoms with Gasteiger partial charge in [-0.1, -0.05) is 12.1 Å². The maximum absolute atomic E-state index is 12.7. The van der Waals surface area contributed by atoms with Crippen LogP contribution in [-0.2, 0) is 16.9 Å². The van der Waals surface area contributed by atoms with Crippen molar-refractivity contribution in [3.05, 3.63) is 47.3 Å². The molecule has 2 aromatic rings. The largest absolute Gasteiger partial charge is 0.382 e. The van der Waals surface area contributed by atoms with Crippen LogP contribution in [0.3, 0.4) is 0 Å². The molecule has 1 saturated heterocycles. The maximum atomic E-state index is 12.7. The summed E-state index contributed by atoms with van der Waals surface area (Å²) in [5.41, 5.74) is 0.875. The van der Waals surface area contributed by atoms with E-state index < -0.39 is 5.60 Å². The van der Waals surface area contributed by atoms with Crippen LogP contribution in [0.25, 0.3) is 0 Å². The first-order chi connectivity index (χ1) is 11.1. The topological polar surface area (TPSA) is 91.3 Å². The number of hydrogen-bond donors (Lipinski definition) is 2. The van der Waals surface area contributed by atoms with E-state index in [4.69, 9.17) is 4.74 Å². The van der Waals surface area contributed by atoms with Crippen molar-refractivity contribution in [2.24, 2.45) is 0 Å². The van der Waals surface area contributed by atoms with Gasteiger partial charge in [-0.05, 0) is 30.5 Å². The number of aromatic nitrogens is 3. The van der Waals surface area contributed by atoms with Crippen molar-refractivity contribution in [1.29, 1.82) is 0 Å². The number of carbonyl (C=O) groups excluding carboxylic acids is 1. The predicted octanol–water partition coefficient (Wildman–Crippen LogP) is 1.07. The highest BCUT2D eigenvalue weighted by Gasteiger charge is 2.38. The van der Waals surface area contributed by atoms with Gasteiger partial charge in [0.2, 0.25) is 0 Å². The van der Waals surface area contributed by atoms with Crippen molar-refractivity contribution in [3.63, 3.8) is 0 Å². The van der Waals surface area contributed by atoms with Crippen LogP contribution in [0.5, 0.6) is 0 Å². The van der Waals surface area contributed by atoms with Crippen LogP contribution in [0.15, 0.2) is 30.5 Å².